The number of benzene rings is 1. The molecule has 0 saturated carbocycles. The molecule has 110 valence electrons. The average Bonchev–Trinajstić information content (AvgIpc) is 2.84. The maximum absolute atomic E-state index is 12.9. The molecule has 2 atom stereocenters. The van der Waals surface area contributed by atoms with E-state index in [0.717, 1.165) is 18.5 Å². The van der Waals surface area contributed by atoms with Gasteiger partial charge in [0.05, 0.1) is 12.0 Å². The van der Waals surface area contributed by atoms with E-state index in [1.165, 1.54) is 12.1 Å². The molecule has 0 spiro atoms. The van der Waals surface area contributed by atoms with Gasteiger partial charge in [-0.05, 0) is 38.0 Å². The highest BCUT2D eigenvalue weighted by Crippen LogP contribution is 2.20. The van der Waals surface area contributed by atoms with Gasteiger partial charge in [-0.25, -0.2) is 4.39 Å². The van der Waals surface area contributed by atoms with E-state index < -0.39 is 0 Å². The number of halogens is 1. The molecule has 1 aliphatic rings. The van der Waals surface area contributed by atoms with E-state index >= 15 is 0 Å². The Morgan fingerprint density at radius 1 is 1.45 bits per heavy atom. The Bertz CT molecular complexity index is 453. The van der Waals surface area contributed by atoms with Gasteiger partial charge in [-0.2, -0.15) is 0 Å². The summed E-state index contributed by atoms with van der Waals surface area (Å²) < 4.78 is 18.3. The van der Waals surface area contributed by atoms with Gasteiger partial charge in [0, 0.05) is 25.4 Å². The second kappa shape index (κ2) is 7.24. The zero-order valence-corrected chi connectivity index (χ0v) is 11.7. The van der Waals surface area contributed by atoms with Gasteiger partial charge in [0.1, 0.15) is 5.82 Å². The lowest BCUT2D eigenvalue weighted by atomic mass is 10.0. The number of anilines is 1. The molecule has 5 heteroatoms. The lowest BCUT2D eigenvalue weighted by molar-refractivity contribution is -0.126. The summed E-state index contributed by atoms with van der Waals surface area (Å²) in [6.45, 7) is 3.91. The van der Waals surface area contributed by atoms with Gasteiger partial charge in [-0.3, -0.25) is 4.79 Å². The van der Waals surface area contributed by atoms with Crippen LogP contribution in [0.4, 0.5) is 10.1 Å². The minimum absolute atomic E-state index is 0.0143. The molecule has 0 bridgehead atoms. The summed E-state index contributed by atoms with van der Waals surface area (Å²) in [5, 5.41) is 6.04. The van der Waals surface area contributed by atoms with Crippen LogP contribution in [-0.2, 0) is 9.53 Å². The van der Waals surface area contributed by atoms with E-state index in [2.05, 4.69) is 10.6 Å². The molecule has 1 fully saturated rings. The van der Waals surface area contributed by atoms with Gasteiger partial charge < -0.3 is 15.4 Å². The lowest BCUT2D eigenvalue weighted by Crippen LogP contribution is -2.35. The third-order valence-electron chi connectivity index (χ3n) is 3.52. The molecule has 0 aliphatic carbocycles. The maximum atomic E-state index is 12.9. The van der Waals surface area contributed by atoms with Crippen LogP contribution in [-0.4, -0.2) is 31.7 Å². The zero-order valence-electron chi connectivity index (χ0n) is 11.7. The third kappa shape index (κ3) is 4.20. The number of amides is 1. The first-order valence-electron chi connectivity index (χ1n) is 7.05. The fraction of sp³-hybridized carbons (Fsp3) is 0.533. The van der Waals surface area contributed by atoms with Crippen molar-refractivity contribution in [2.24, 2.45) is 5.92 Å². The fourth-order valence-corrected chi connectivity index (χ4v) is 2.34. The molecule has 0 radical (unpaired) electrons. The van der Waals surface area contributed by atoms with Crippen LogP contribution in [0.1, 0.15) is 19.8 Å². The van der Waals surface area contributed by atoms with Crippen molar-refractivity contribution < 1.29 is 13.9 Å². The standard InChI is InChI=1S/C15H21FN2O2/c1-11-14(6-9-20-11)15(19)18-8-3-7-17-13-5-2-4-12(16)10-13/h2,4-5,10-11,14,17H,3,6-9H2,1H3,(H,18,19)/t11-,14+/m0/s1. The van der Waals surface area contributed by atoms with Crippen LogP contribution in [0.3, 0.4) is 0 Å². The van der Waals surface area contributed by atoms with Crippen molar-refractivity contribution >= 4 is 11.6 Å². The van der Waals surface area contributed by atoms with Gasteiger partial charge >= 0.3 is 0 Å². The topological polar surface area (TPSA) is 50.4 Å². The highest BCUT2D eigenvalue weighted by molar-refractivity contribution is 5.79. The molecule has 1 saturated heterocycles. The molecule has 0 unspecified atom stereocenters. The van der Waals surface area contributed by atoms with E-state index in [-0.39, 0.29) is 23.7 Å². The molecule has 4 nitrogen and oxygen atoms in total. The van der Waals surface area contributed by atoms with Crippen molar-refractivity contribution in [1.29, 1.82) is 0 Å². The molecule has 1 aliphatic heterocycles. The summed E-state index contributed by atoms with van der Waals surface area (Å²) >= 11 is 0. The first-order valence-corrected chi connectivity index (χ1v) is 7.05. The summed E-state index contributed by atoms with van der Waals surface area (Å²) in [4.78, 5) is 11.9. The monoisotopic (exact) mass is 280 g/mol. The summed E-state index contributed by atoms with van der Waals surface area (Å²) in [6.07, 6.45) is 1.61. The summed E-state index contributed by atoms with van der Waals surface area (Å²) in [7, 11) is 0. The van der Waals surface area contributed by atoms with E-state index in [1.54, 1.807) is 6.07 Å². The minimum Gasteiger partial charge on any atom is -0.385 e. The number of carbonyl (C=O) groups is 1. The molecule has 1 amide bonds. The van der Waals surface area contributed by atoms with Crippen molar-refractivity contribution in [2.45, 2.75) is 25.9 Å². The maximum Gasteiger partial charge on any atom is 0.225 e. The fourth-order valence-electron chi connectivity index (χ4n) is 2.34. The van der Waals surface area contributed by atoms with Crippen LogP contribution in [0.2, 0.25) is 0 Å². The van der Waals surface area contributed by atoms with Crippen LogP contribution in [0.5, 0.6) is 0 Å². The third-order valence-corrected chi connectivity index (χ3v) is 3.52. The summed E-state index contributed by atoms with van der Waals surface area (Å²) in [5.74, 6) is -0.203. The van der Waals surface area contributed by atoms with Crippen molar-refractivity contribution in [3.63, 3.8) is 0 Å². The quantitative estimate of drug-likeness (QED) is 0.785. The van der Waals surface area contributed by atoms with Crippen molar-refractivity contribution in [2.75, 3.05) is 25.0 Å². The Morgan fingerprint density at radius 3 is 3.00 bits per heavy atom. The Hall–Kier alpha value is -1.62. The lowest BCUT2D eigenvalue weighted by Gasteiger charge is -2.14. The predicted octanol–water partition coefficient (Wildman–Crippen LogP) is 2.17. The summed E-state index contributed by atoms with van der Waals surface area (Å²) in [6, 6.07) is 6.35. The molecule has 1 aromatic rings. The Balaban J connectivity index is 1.61. The number of hydrogen-bond acceptors (Lipinski definition) is 3. The van der Waals surface area contributed by atoms with Crippen molar-refractivity contribution in [3.05, 3.63) is 30.1 Å². The van der Waals surface area contributed by atoms with E-state index in [9.17, 15) is 9.18 Å². The van der Waals surface area contributed by atoms with Gasteiger partial charge in [0.15, 0.2) is 0 Å². The van der Waals surface area contributed by atoms with Crippen LogP contribution < -0.4 is 10.6 Å². The van der Waals surface area contributed by atoms with Crippen LogP contribution in [0, 0.1) is 11.7 Å². The van der Waals surface area contributed by atoms with Crippen molar-refractivity contribution in [3.8, 4) is 0 Å². The average molecular weight is 280 g/mol. The number of hydrogen-bond donors (Lipinski definition) is 2. The van der Waals surface area contributed by atoms with Gasteiger partial charge in [0.25, 0.3) is 0 Å². The number of rotatable bonds is 6. The number of nitrogens with one attached hydrogen (secondary N) is 2. The Labute approximate surface area is 118 Å². The number of carbonyl (C=O) groups excluding carboxylic acids is 1. The molecule has 1 aromatic carbocycles. The van der Waals surface area contributed by atoms with E-state index in [0.29, 0.717) is 19.7 Å². The van der Waals surface area contributed by atoms with Gasteiger partial charge in [-0.15, -0.1) is 0 Å². The SMILES string of the molecule is C[C@@H]1OCC[C@H]1C(=O)NCCCNc1cccc(F)c1. The van der Waals surface area contributed by atoms with Gasteiger partial charge in [-0.1, -0.05) is 6.07 Å². The largest absolute Gasteiger partial charge is 0.385 e. The zero-order chi connectivity index (χ0) is 14.4. The molecular weight excluding hydrogens is 259 g/mol. The molecule has 2 N–H and O–H groups in total. The molecule has 20 heavy (non-hydrogen) atoms. The number of ether oxygens (including phenoxy) is 1. The predicted molar refractivity (Wildman–Crippen MR) is 76.0 cm³/mol. The molecule has 0 aromatic heterocycles. The second-order valence-corrected chi connectivity index (χ2v) is 5.05. The minimum atomic E-state index is -0.251. The Kier molecular flexibility index (Phi) is 5.35. The van der Waals surface area contributed by atoms with Gasteiger partial charge in [0.2, 0.25) is 5.91 Å². The van der Waals surface area contributed by atoms with Crippen LogP contribution >= 0.6 is 0 Å². The highest BCUT2D eigenvalue weighted by atomic mass is 19.1. The first-order chi connectivity index (χ1) is 9.66. The normalized spacial score (nSPS) is 21.7. The highest BCUT2D eigenvalue weighted by Gasteiger charge is 2.30. The van der Waals surface area contributed by atoms with E-state index in [4.69, 9.17) is 4.74 Å². The Morgan fingerprint density at radius 2 is 2.30 bits per heavy atom. The van der Waals surface area contributed by atoms with Crippen molar-refractivity contribution in [1.82, 2.24) is 5.32 Å². The molecular formula is C15H21FN2O2. The first kappa shape index (κ1) is 14.8. The van der Waals surface area contributed by atoms with E-state index in [1.807, 2.05) is 13.0 Å². The molecule has 1 heterocycles. The van der Waals surface area contributed by atoms with Crippen LogP contribution in [0.15, 0.2) is 24.3 Å². The smallest absolute Gasteiger partial charge is 0.225 e. The van der Waals surface area contributed by atoms with Crippen LogP contribution in [0.25, 0.3) is 0 Å². The summed E-state index contributed by atoms with van der Waals surface area (Å²) in [5.41, 5.74) is 0.758. The molecule has 2 rings (SSSR count). The second-order valence-electron chi connectivity index (χ2n) is 5.05.